The predicted molar refractivity (Wildman–Crippen MR) is 32.1 cm³/mol. The monoisotopic (exact) mass is 125 g/mol. The molecule has 0 bridgehead atoms. The third-order valence-corrected chi connectivity index (χ3v) is 1.31. The minimum atomic E-state index is -0.554. The largest absolute Gasteiger partial charge is 0.347 e. The molecule has 0 aromatic heterocycles. The Labute approximate surface area is 55.1 Å². The van der Waals surface area contributed by atoms with Gasteiger partial charge in [-0.1, -0.05) is 5.92 Å². The zero-order chi connectivity index (χ0) is 6.74. The summed E-state index contributed by atoms with van der Waals surface area (Å²) < 4.78 is 10.4. The molecular weight excluding hydrogens is 116 g/mol. The minimum Gasteiger partial charge on any atom is -0.347 e. The quantitative estimate of drug-likeness (QED) is 0.481. The van der Waals surface area contributed by atoms with E-state index in [9.17, 15) is 0 Å². The summed E-state index contributed by atoms with van der Waals surface area (Å²) >= 11 is 0. The second-order valence-electron chi connectivity index (χ2n) is 2.18. The zero-order valence-corrected chi connectivity index (χ0v) is 5.44. The molecule has 9 heavy (non-hydrogen) atoms. The van der Waals surface area contributed by atoms with Crippen LogP contribution in [0.4, 0.5) is 0 Å². The van der Waals surface area contributed by atoms with Crippen molar-refractivity contribution in [2.45, 2.75) is 19.1 Å². The van der Waals surface area contributed by atoms with E-state index >= 15 is 0 Å². The fraction of sp³-hybridized carbons (Fsp3) is 0.714. The van der Waals surface area contributed by atoms with Gasteiger partial charge < -0.3 is 9.47 Å². The van der Waals surface area contributed by atoms with Crippen molar-refractivity contribution in [3.05, 3.63) is 6.42 Å². The second-order valence-corrected chi connectivity index (χ2v) is 2.18. The maximum atomic E-state index is 6.68. The van der Waals surface area contributed by atoms with Crippen LogP contribution in [0, 0.1) is 12.3 Å². The summed E-state index contributed by atoms with van der Waals surface area (Å²) in [4.78, 5) is 0. The van der Waals surface area contributed by atoms with E-state index in [1.807, 2.05) is 6.92 Å². The van der Waals surface area contributed by atoms with E-state index in [0.29, 0.717) is 19.6 Å². The molecule has 0 aromatic rings. The summed E-state index contributed by atoms with van der Waals surface area (Å²) in [5.74, 6) is 1.70. The van der Waals surface area contributed by atoms with Crippen molar-refractivity contribution in [1.82, 2.24) is 0 Å². The Kier molecular flexibility index (Phi) is 1.75. The zero-order valence-electron chi connectivity index (χ0n) is 5.44. The van der Waals surface area contributed by atoms with E-state index < -0.39 is 5.79 Å². The van der Waals surface area contributed by atoms with Crippen molar-refractivity contribution in [2.24, 2.45) is 0 Å². The Morgan fingerprint density at radius 2 is 2.11 bits per heavy atom. The van der Waals surface area contributed by atoms with Gasteiger partial charge in [-0.3, -0.25) is 0 Å². The van der Waals surface area contributed by atoms with Crippen LogP contribution in [0.15, 0.2) is 0 Å². The summed E-state index contributed by atoms with van der Waals surface area (Å²) in [5.41, 5.74) is 0. The molecule has 1 aliphatic heterocycles. The van der Waals surface area contributed by atoms with Gasteiger partial charge in [-0.25, -0.2) is 0 Å². The van der Waals surface area contributed by atoms with Crippen molar-refractivity contribution in [2.75, 3.05) is 13.2 Å². The van der Waals surface area contributed by atoms with E-state index in [1.54, 1.807) is 0 Å². The molecule has 0 aromatic carbocycles. The van der Waals surface area contributed by atoms with Crippen LogP contribution in [-0.2, 0) is 9.47 Å². The smallest absolute Gasteiger partial charge is 0.176 e. The first-order chi connectivity index (χ1) is 4.27. The molecular formula is C7H9O2. The summed E-state index contributed by atoms with van der Waals surface area (Å²) in [6.45, 7) is 3.10. The van der Waals surface area contributed by atoms with Gasteiger partial charge in [0, 0.05) is 0 Å². The van der Waals surface area contributed by atoms with Gasteiger partial charge >= 0.3 is 0 Å². The molecule has 49 valence electrons. The van der Waals surface area contributed by atoms with Gasteiger partial charge in [-0.15, -0.1) is 0 Å². The molecule has 1 rings (SSSR count). The molecule has 1 heterocycles. The number of rotatable bonds is 1. The van der Waals surface area contributed by atoms with Gasteiger partial charge in [0.1, 0.15) is 0 Å². The lowest BCUT2D eigenvalue weighted by molar-refractivity contribution is -0.136. The van der Waals surface area contributed by atoms with E-state index in [-0.39, 0.29) is 0 Å². The van der Waals surface area contributed by atoms with Crippen LogP contribution in [0.1, 0.15) is 13.3 Å². The molecule has 0 atom stereocenters. The van der Waals surface area contributed by atoms with Gasteiger partial charge in [-0.05, 0) is 13.3 Å². The van der Waals surface area contributed by atoms with Crippen LogP contribution in [-0.4, -0.2) is 19.0 Å². The molecule has 0 saturated carbocycles. The minimum absolute atomic E-state index is 0.424. The second kappa shape index (κ2) is 2.38. The SMILES string of the molecule is [C]#CCC1(C)OCCO1. The Hall–Kier alpha value is -0.520. The number of ether oxygens (including phenoxy) is 2. The first kappa shape index (κ1) is 6.60. The molecule has 1 aliphatic rings. The maximum Gasteiger partial charge on any atom is 0.176 e. The van der Waals surface area contributed by atoms with Crippen molar-refractivity contribution in [3.8, 4) is 5.92 Å². The molecule has 0 aliphatic carbocycles. The lowest BCUT2D eigenvalue weighted by Gasteiger charge is -2.18. The van der Waals surface area contributed by atoms with Crippen molar-refractivity contribution >= 4 is 0 Å². The van der Waals surface area contributed by atoms with Gasteiger partial charge in [0.05, 0.1) is 19.6 Å². The van der Waals surface area contributed by atoms with Crippen LogP contribution in [0.25, 0.3) is 0 Å². The highest BCUT2D eigenvalue weighted by atomic mass is 16.7. The van der Waals surface area contributed by atoms with Crippen molar-refractivity contribution in [1.29, 1.82) is 0 Å². The highest BCUT2D eigenvalue weighted by Crippen LogP contribution is 2.21. The fourth-order valence-corrected chi connectivity index (χ4v) is 0.819. The van der Waals surface area contributed by atoms with Crippen molar-refractivity contribution < 1.29 is 9.47 Å². The highest BCUT2D eigenvalue weighted by Gasteiger charge is 2.29. The third kappa shape index (κ3) is 1.44. The van der Waals surface area contributed by atoms with Gasteiger partial charge in [0.2, 0.25) is 0 Å². The highest BCUT2D eigenvalue weighted by molar-refractivity contribution is 4.85. The molecule has 2 nitrogen and oxygen atoms in total. The van der Waals surface area contributed by atoms with Crippen LogP contribution in [0.2, 0.25) is 0 Å². The molecule has 1 radical (unpaired) electrons. The topological polar surface area (TPSA) is 18.5 Å². The predicted octanol–water partition coefficient (Wildman–Crippen LogP) is 0.729. The Morgan fingerprint density at radius 3 is 2.56 bits per heavy atom. The average molecular weight is 125 g/mol. The summed E-state index contributed by atoms with van der Waals surface area (Å²) in [6.07, 6.45) is 7.11. The fourth-order valence-electron chi connectivity index (χ4n) is 0.819. The summed E-state index contributed by atoms with van der Waals surface area (Å²) in [5, 5.41) is 0. The number of hydrogen-bond acceptors (Lipinski definition) is 2. The Bertz CT molecular complexity index is 128. The third-order valence-electron chi connectivity index (χ3n) is 1.31. The normalized spacial score (nSPS) is 23.6. The first-order valence-electron chi connectivity index (χ1n) is 2.94. The number of hydrogen-bond donors (Lipinski definition) is 0. The van der Waals surface area contributed by atoms with E-state index in [1.165, 1.54) is 0 Å². The van der Waals surface area contributed by atoms with Crippen LogP contribution < -0.4 is 0 Å². The molecule has 1 saturated heterocycles. The maximum absolute atomic E-state index is 6.68. The Morgan fingerprint density at radius 1 is 1.56 bits per heavy atom. The Balaban J connectivity index is 2.43. The van der Waals surface area contributed by atoms with Crippen LogP contribution in [0.3, 0.4) is 0 Å². The van der Waals surface area contributed by atoms with Gasteiger partial charge in [0.25, 0.3) is 0 Å². The van der Waals surface area contributed by atoms with Gasteiger partial charge in [0.15, 0.2) is 5.79 Å². The van der Waals surface area contributed by atoms with Crippen LogP contribution >= 0.6 is 0 Å². The first-order valence-corrected chi connectivity index (χ1v) is 2.94. The lowest BCUT2D eigenvalue weighted by Crippen LogP contribution is -2.24. The molecule has 1 fully saturated rings. The average Bonchev–Trinajstić information content (AvgIpc) is 2.16. The molecule has 0 unspecified atom stereocenters. The van der Waals surface area contributed by atoms with E-state index in [2.05, 4.69) is 5.92 Å². The van der Waals surface area contributed by atoms with E-state index in [0.717, 1.165) is 0 Å². The summed E-state index contributed by atoms with van der Waals surface area (Å²) in [6, 6.07) is 0. The van der Waals surface area contributed by atoms with E-state index in [4.69, 9.17) is 15.9 Å². The summed E-state index contributed by atoms with van der Waals surface area (Å²) in [7, 11) is 0. The molecule has 0 amide bonds. The van der Waals surface area contributed by atoms with Crippen LogP contribution in [0.5, 0.6) is 0 Å². The lowest BCUT2D eigenvalue weighted by atomic mass is 10.2. The van der Waals surface area contributed by atoms with Gasteiger partial charge in [-0.2, -0.15) is 0 Å². The standard InChI is InChI=1S/C7H9O2/c1-3-4-7(2)8-5-6-9-7/h4-6H2,2H3. The molecule has 0 spiro atoms. The molecule has 2 heteroatoms. The molecule has 0 N–H and O–H groups in total. The van der Waals surface area contributed by atoms with Crippen molar-refractivity contribution in [3.63, 3.8) is 0 Å².